The predicted molar refractivity (Wildman–Crippen MR) is 79.7 cm³/mol. The van der Waals surface area contributed by atoms with Gasteiger partial charge in [-0.05, 0) is 51.1 Å². The van der Waals surface area contributed by atoms with Crippen LogP contribution in [0.5, 0.6) is 5.75 Å². The SMILES string of the molecule is CN(C)[C@H]1CCCN(C(=O)Cc2ccc(O)c(F)c2)CC1. The Bertz CT molecular complexity index is 505. The number of carbonyl (C=O) groups is 1. The number of benzene rings is 1. The fourth-order valence-corrected chi connectivity index (χ4v) is 2.79. The molecule has 1 atom stereocenters. The number of carbonyl (C=O) groups excluding carboxylic acids is 1. The highest BCUT2D eigenvalue weighted by atomic mass is 19.1. The zero-order valence-electron chi connectivity index (χ0n) is 12.7. The molecule has 0 saturated carbocycles. The minimum atomic E-state index is -0.677. The van der Waals surface area contributed by atoms with Crippen molar-refractivity contribution in [1.29, 1.82) is 0 Å². The molecule has 0 aliphatic carbocycles. The van der Waals surface area contributed by atoms with Gasteiger partial charge in [0.15, 0.2) is 11.6 Å². The maximum atomic E-state index is 13.3. The summed E-state index contributed by atoms with van der Waals surface area (Å²) in [4.78, 5) is 16.4. The number of phenols is 1. The van der Waals surface area contributed by atoms with Crippen molar-refractivity contribution < 1.29 is 14.3 Å². The zero-order valence-corrected chi connectivity index (χ0v) is 12.7. The second kappa shape index (κ2) is 6.89. The molecule has 0 spiro atoms. The summed E-state index contributed by atoms with van der Waals surface area (Å²) in [7, 11) is 4.14. The second-order valence-corrected chi connectivity index (χ2v) is 5.89. The molecule has 0 aromatic heterocycles. The Morgan fingerprint density at radius 1 is 1.38 bits per heavy atom. The van der Waals surface area contributed by atoms with Crippen molar-refractivity contribution in [3.05, 3.63) is 29.6 Å². The third kappa shape index (κ3) is 4.17. The van der Waals surface area contributed by atoms with Gasteiger partial charge in [0, 0.05) is 19.1 Å². The fourth-order valence-electron chi connectivity index (χ4n) is 2.79. The van der Waals surface area contributed by atoms with Crippen LogP contribution >= 0.6 is 0 Å². The van der Waals surface area contributed by atoms with Crippen molar-refractivity contribution in [3.63, 3.8) is 0 Å². The summed E-state index contributed by atoms with van der Waals surface area (Å²) in [5.41, 5.74) is 0.601. The lowest BCUT2D eigenvalue weighted by molar-refractivity contribution is -0.130. The van der Waals surface area contributed by atoms with Gasteiger partial charge < -0.3 is 14.9 Å². The van der Waals surface area contributed by atoms with E-state index in [9.17, 15) is 9.18 Å². The first-order valence-corrected chi connectivity index (χ1v) is 7.39. The molecule has 0 unspecified atom stereocenters. The van der Waals surface area contributed by atoms with E-state index in [1.54, 1.807) is 6.07 Å². The molecule has 4 nitrogen and oxygen atoms in total. The summed E-state index contributed by atoms with van der Waals surface area (Å²) in [5.74, 6) is -1.03. The molecule has 116 valence electrons. The van der Waals surface area contributed by atoms with Gasteiger partial charge in [-0.15, -0.1) is 0 Å². The van der Waals surface area contributed by atoms with E-state index in [0.717, 1.165) is 32.4 Å². The first-order chi connectivity index (χ1) is 9.97. The van der Waals surface area contributed by atoms with Crippen LogP contribution in [0.25, 0.3) is 0 Å². The summed E-state index contributed by atoms with van der Waals surface area (Å²) in [6, 6.07) is 4.64. The van der Waals surface area contributed by atoms with Crippen molar-refractivity contribution in [2.24, 2.45) is 0 Å². The Kier molecular flexibility index (Phi) is 5.17. The van der Waals surface area contributed by atoms with Crippen molar-refractivity contribution >= 4 is 5.91 Å². The molecular weight excluding hydrogens is 271 g/mol. The second-order valence-electron chi connectivity index (χ2n) is 5.89. The van der Waals surface area contributed by atoms with Crippen molar-refractivity contribution in [3.8, 4) is 5.75 Å². The molecule has 1 aliphatic heterocycles. The van der Waals surface area contributed by atoms with Gasteiger partial charge in [-0.25, -0.2) is 4.39 Å². The molecule has 1 aromatic rings. The Hall–Kier alpha value is -1.62. The van der Waals surface area contributed by atoms with Crippen LogP contribution in [-0.4, -0.2) is 54.0 Å². The molecule has 0 bridgehead atoms. The van der Waals surface area contributed by atoms with E-state index in [-0.39, 0.29) is 18.1 Å². The number of rotatable bonds is 3. The van der Waals surface area contributed by atoms with Gasteiger partial charge in [0.05, 0.1) is 6.42 Å². The maximum Gasteiger partial charge on any atom is 0.226 e. The normalized spacial score (nSPS) is 19.6. The summed E-state index contributed by atoms with van der Waals surface area (Å²) in [6.45, 7) is 1.52. The molecule has 2 rings (SSSR count). The van der Waals surface area contributed by atoms with Crippen LogP contribution < -0.4 is 0 Å². The van der Waals surface area contributed by atoms with Crippen LogP contribution in [0.1, 0.15) is 24.8 Å². The number of hydrogen-bond donors (Lipinski definition) is 1. The number of likely N-dealkylation sites (tertiary alicyclic amines) is 1. The molecule has 1 heterocycles. The number of amides is 1. The smallest absolute Gasteiger partial charge is 0.226 e. The van der Waals surface area contributed by atoms with Gasteiger partial charge in [-0.1, -0.05) is 6.07 Å². The Morgan fingerprint density at radius 2 is 2.14 bits per heavy atom. The third-order valence-corrected chi connectivity index (χ3v) is 4.15. The highest BCUT2D eigenvalue weighted by Gasteiger charge is 2.21. The first-order valence-electron chi connectivity index (χ1n) is 7.39. The molecule has 1 fully saturated rings. The lowest BCUT2D eigenvalue weighted by atomic mass is 10.1. The quantitative estimate of drug-likeness (QED) is 0.927. The monoisotopic (exact) mass is 294 g/mol. The van der Waals surface area contributed by atoms with Crippen LogP contribution in [-0.2, 0) is 11.2 Å². The Morgan fingerprint density at radius 3 is 2.81 bits per heavy atom. The van der Waals surface area contributed by atoms with Gasteiger partial charge in [-0.2, -0.15) is 0 Å². The van der Waals surface area contributed by atoms with Gasteiger partial charge in [0.25, 0.3) is 0 Å². The highest BCUT2D eigenvalue weighted by molar-refractivity contribution is 5.78. The topological polar surface area (TPSA) is 43.8 Å². The van der Waals surface area contributed by atoms with Gasteiger partial charge in [0.1, 0.15) is 0 Å². The maximum absolute atomic E-state index is 13.3. The summed E-state index contributed by atoms with van der Waals surface area (Å²) in [6.07, 6.45) is 3.26. The van der Waals surface area contributed by atoms with Crippen molar-refractivity contribution in [2.75, 3.05) is 27.2 Å². The molecule has 1 aromatic carbocycles. The van der Waals surface area contributed by atoms with Crippen LogP contribution in [0, 0.1) is 5.82 Å². The number of hydrogen-bond acceptors (Lipinski definition) is 3. The largest absolute Gasteiger partial charge is 0.505 e. The number of halogens is 1. The third-order valence-electron chi connectivity index (χ3n) is 4.15. The van der Waals surface area contributed by atoms with E-state index in [1.165, 1.54) is 12.1 Å². The Balaban J connectivity index is 1.95. The zero-order chi connectivity index (χ0) is 15.4. The van der Waals surface area contributed by atoms with E-state index < -0.39 is 5.82 Å². The minimum absolute atomic E-state index is 0.0273. The lowest BCUT2D eigenvalue weighted by Gasteiger charge is -2.23. The fraction of sp³-hybridized carbons (Fsp3) is 0.562. The highest BCUT2D eigenvalue weighted by Crippen LogP contribution is 2.19. The van der Waals surface area contributed by atoms with Crippen LogP contribution in [0.4, 0.5) is 4.39 Å². The summed E-state index contributed by atoms with van der Waals surface area (Å²) in [5, 5.41) is 9.17. The predicted octanol–water partition coefficient (Wildman–Crippen LogP) is 2.02. The van der Waals surface area contributed by atoms with Crippen molar-refractivity contribution in [1.82, 2.24) is 9.80 Å². The average Bonchev–Trinajstić information content (AvgIpc) is 2.69. The first kappa shape index (κ1) is 15.8. The van der Waals surface area contributed by atoms with Gasteiger partial charge >= 0.3 is 0 Å². The van der Waals surface area contributed by atoms with E-state index >= 15 is 0 Å². The standard InChI is InChI=1S/C16H23FN2O2/c1-18(2)13-4-3-8-19(9-7-13)16(21)11-12-5-6-15(20)14(17)10-12/h5-6,10,13,20H,3-4,7-9,11H2,1-2H3/t13-/m0/s1. The van der Waals surface area contributed by atoms with Crippen LogP contribution in [0.2, 0.25) is 0 Å². The van der Waals surface area contributed by atoms with Crippen LogP contribution in [0.15, 0.2) is 18.2 Å². The van der Waals surface area contributed by atoms with Crippen LogP contribution in [0.3, 0.4) is 0 Å². The van der Waals surface area contributed by atoms with E-state index in [4.69, 9.17) is 5.11 Å². The van der Waals surface area contributed by atoms with Gasteiger partial charge in [-0.3, -0.25) is 4.79 Å². The van der Waals surface area contributed by atoms with Crippen molar-refractivity contribution in [2.45, 2.75) is 31.7 Å². The number of nitrogens with zero attached hydrogens (tertiary/aromatic N) is 2. The molecule has 1 N–H and O–H groups in total. The lowest BCUT2D eigenvalue weighted by Crippen LogP contribution is -2.34. The minimum Gasteiger partial charge on any atom is -0.505 e. The average molecular weight is 294 g/mol. The summed E-state index contributed by atoms with van der Waals surface area (Å²) < 4.78 is 13.3. The molecular formula is C16H23FN2O2. The van der Waals surface area contributed by atoms with E-state index in [1.807, 2.05) is 4.90 Å². The molecule has 21 heavy (non-hydrogen) atoms. The number of aromatic hydroxyl groups is 1. The molecule has 1 amide bonds. The van der Waals surface area contributed by atoms with E-state index in [0.29, 0.717) is 11.6 Å². The molecule has 5 heteroatoms. The molecule has 1 aliphatic rings. The van der Waals surface area contributed by atoms with Gasteiger partial charge in [0.2, 0.25) is 5.91 Å². The molecule has 1 saturated heterocycles. The van der Waals surface area contributed by atoms with E-state index in [2.05, 4.69) is 19.0 Å². The number of phenolic OH excluding ortho intramolecular Hbond substituents is 1. The Labute approximate surface area is 125 Å². The summed E-state index contributed by atoms with van der Waals surface area (Å²) >= 11 is 0. The molecule has 0 radical (unpaired) electrons.